The minimum absolute atomic E-state index is 0.125. The van der Waals surface area contributed by atoms with Crippen LogP contribution in [0.3, 0.4) is 0 Å². The van der Waals surface area contributed by atoms with Gasteiger partial charge < -0.3 is 10.4 Å². The monoisotopic (exact) mass is 235 g/mol. The molecule has 3 nitrogen and oxygen atoms in total. The van der Waals surface area contributed by atoms with Crippen LogP contribution < -0.4 is 5.32 Å². The van der Waals surface area contributed by atoms with Crippen LogP contribution in [-0.4, -0.2) is 23.2 Å². The summed E-state index contributed by atoms with van der Waals surface area (Å²) >= 11 is 0. The molecule has 1 rings (SSSR count). The van der Waals surface area contributed by atoms with Gasteiger partial charge in [-0.3, -0.25) is 4.79 Å². The van der Waals surface area contributed by atoms with Crippen LogP contribution in [0.15, 0.2) is 18.2 Å². The maximum atomic E-state index is 12.0. The quantitative estimate of drug-likeness (QED) is 0.840. The summed E-state index contributed by atoms with van der Waals surface area (Å²) in [6, 6.07) is 5.65. The number of amides is 1. The topological polar surface area (TPSA) is 49.3 Å². The fourth-order valence-electron chi connectivity index (χ4n) is 1.49. The van der Waals surface area contributed by atoms with E-state index in [4.69, 9.17) is 0 Å². The van der Waals surface area contributed by atoms with Crippen molar-refractivity contribution in [3.8, 4) is 0 Å². The lowest BCUT2D eigenvalue weighted by Gasteiger charge is -2.21. The van der Waals surface area contributed by atoms with Crippen LogP contribution in [0.2, 0.25) is 0 Å². The van der Waals surface area contributed by atoms with E-state index in [1.807, 2.05) is 32.9 Å². The molecule has 1 unspecified atom stereocenters. The summed E-state index contributed by atoms with van der Waals surface area (Å²) in [4.78, 5) is 12.0. The first-order valence-corrected chi connectivity index (χ1v) is 5.94. The third-order valence-corrected chi connectivity index (χ3v) is 3.24. The first-order chi connectivity index (χ1) is 7.87. The van der Waals surface area contributed by atoms with Crippen molar-refractivity contribution in [3.05, 3.63) is 34.9 Å². The van der Waals surface area contributed by atoms with Crippen molar-refractivity contribution >= 4 is 5.91 Å². The maximum absolute atomic E-state index is 12.0. The van der Waals surface area contributed by atoms with E-state index in [0.717, 1.165) is 11.1 Å². The van der Waals surface area contributed by atoms with Gasteiger partial charge in [-0.1, -0.05) is 19.1 Å². The molecule has 0 heterocycles. The average Bonchev–Trinajstić information content (AvgIpc) is 2.30. The van der Waals surface area contributed by atoms with Gasteiger partial charge in [0.1, 0.15) is 0 Å². The molecule has 0 aliphatic carbocycles. The third-order valence-electron chi connectivity index (χ3n) is 3.24. The van der Waals surface area contributed by atoms with Gasteiger partial charge in [-0.25, -0.2) is 0 Å². The molecular formula is C14H21NO2. The summed E-state index contributed by atoms with van der Waals surface area (Å²) in [5, 5.41) is 12.6. The van der Waals surface area contributed by atoms with Crippen molar-refractivity contribution < 1.29 is 9.90 Å². The molecule has 0 fully saturated rings. The van der Waals surface area contributed by atoms with Gasteiger partial charge in [-0.2, -0.15) is 0 Å². The number of rotatable bonds is 4. The Balaban J connectivity index is 2.74. The molecule has 2 N–H and O–H groups in total. The maximum Gasteiger partial charge on any atom is 0.251 e. The highest BCUT2D eigenvalue weighted by atomic mass is 16.3. The highest BCUT2D eigenvalue weighted by molar-refractivity contribution is 5.95. The van der Waals surface area contributed by atoms with E-state index in [-0.39, 0.29) is 12.5 Å². The van der Waals surface area contributed by atoms with Crippen LogP contribution in [0.1, 0.15) is 41.8 Å². The van der Waals surface area contributed by atoms with E-state index in [9.17, 15) is 9.90 Å². The molecular weight excluding hydrogens is 214 g/mol. The van der Waals surface area contributed by atoms with Crippen molar-refractivity contribution in [2.24, 2.45) is 0 Å². The SMILES string of the molecule is CCC(C)(O)CNC(=O)c1cccc(C)c1C. The van der Waals surface area contributed by atoms with Gasteiger partial charge in [-0.05, 0) is 44.4 Å². The summed E-state index contributed by atoms with van der Waals surface area (Å²) in [5.41, 5.74) is 1.92. The second-order valence-corrected chi connectivity index (χ2v) is 4.78. The van der Waals surface area contributed by atoms with Crippen LogP contribution in [0, 0.1) is 13.8 Å². The van der Waals surface area contributed by atoms with Gasteiger partial charge in [0, 0.05) is 12.1 Å². The molecule has 0 spiro atoms. The fourth-order valence-corrected chi connectivity index (χ4v) is 1.49. The molecule has 0 bridgehead atoms. The van der Waals surface area contributed by atoms with Gasteiger partial charge in [0.2, 0.25) is 0 Å². The summed E-state index contributed by atoms with van der Waals surface area (Å²) in [6.07, 6.45) is 0.611. The van der Waals surface area contributed by atoms with Crippen molar-refractivity contribution in [1.29, 1.82) is 0 Å². The number of aliphatic hydroxyl groups is 1. The molecule has 0 aliphatic rings. The Labute approximate surface area is 103 Å². The van der Waals surface area contributed by atoms with Crippen molar-refractivity contribution in [1.82, 2.24) is 5.32 Å². The van der Waals surface area contributed by atoms with E-state index in [0.29, 0.717) is 12.0 Å². The zero-order chi connectivity index (χ0) is 13.1. The first-order valence-electron chi connectivity index (χ1n) is 5.94. The highest BCUT2D eigenvalue weighted by Gasteiger charge is 2.19. The predicted octanol–water partition coefficient (Wildman–Crippen LogP) is 2.19. The Morgan fingerprint density at radius 1 is 1.41 bits per heavy atom. The predicted molar refractivity (Wildman–Crippen MR) is 69.2 cm³/mol. The van der Waals surface area contributed by atoms with E-state index in [1.165, 1.54) is 0 Å². The van der Waals surface area contributed by atoms with Crippen LogP contribution in [0.25, 0.3) is 0 Å². The summed E-state index contributed by atoms with van der Waals surface area (Å²) < 4.78 is 0. The number of benzene rings is 1. The lowest BCUT2D eigenvalue weighted by Crippen LogP contribution is -2.40. The van der Waals surface area contributed by atoms with Crippen LogP contribution >= 0.6 is 0 Å². The zero-order valence-corrected chi connectivity index (χ0v) is 11.0. The molecule has 0 aliphatic heterocycles. The number of nitrogens with one attached hydrogen (secondary N) is 1. The van der Waals surface area contributed by atoms with Crippen LogP contribution in [0.4, 0.5) is 0 Å². The molecule has 3 heteroatoms. The Morgan fingerprint density at radius 2 is 2.06 bits per heavy atom. The lowest BCUT2D eigenvalue weighted by atomic mass is 10.0. The Bertz CT molecular complexity index is 411. The summed E-state index contributed by atoms with van der Waals surface area (Å²) in [5.74, 6) is -0.125. The number of aryl methyl sites for hydroxylation is 1. The first kappa shape index (κ1) is 13.7. The largest absolute Gasteiger partial charge is 0.388 e. The fraction of sp³-hybridized carbons (Fsp3) is 0.500. The molecule has 1 amide bonds. The lowest BCUT2D eigenvalue weighted by molar-refractivity contribution is 0.0518. The standard InChI is InChI=1S/C14H21NO2/c1-5-14(4,17)9-15-13(16)12-8-6-7-10(2)11(12)3/h6-8,17H,5,9H2,1-4H3,(H,15,16). The minimum atomic E-state index is -0.840. The number of carbonyl (C=O) groups excluding carboxylic acids is 1. The highest BCUT2D eigenvalue weighted by Crippen LogP contribution is 2.13. The number of hydrogen-bond acceptors (Lipinski definition) is 2. The molecule has 1 atom stereocenters. The van der Waals surface area contributed by atoms with Crippen molar-refractivity contribution in [3.63, 3.8) is 0 Å². The number of carbonyl (C=O) groups is 1. The smallest absolute Gasteiger partial charge is 0.251 e. The summed E-state index contributed by atoms with van der Waals surface area (Å²) in [7, 11) is 0. The van der Waals surface area contributed by atoms with Crippen LogP contribution in [0.5, 0.6) is 0 Å². The van der Waals surface area contributed by atoms with E-state index < -0.39 is 5.60 Å². The van der Waals surface area contributed by atoms with E-state index >= 15 is 0 Å². The molecule has 0 saturated heterocycles. The number of hydrogen-bond donors (Lipinski definition) is 2. The minimum Gasteiger partial charge on any atom is -0.388 e. The molecule has 0 aromatic heterocycles. The van der Waals surface area contributed by atoms with E-state index in [2.05, 4.69) is 5.32 Å². The van der Waals surface area contributed by atoms with Crippen molar-refractivity contribution in [2.45, 2.75) is 39.7 Å². The third kappa shape index (κ3) is 3.56. The molecule has 0 radical (unpaired) electrons. The van der Waals surface area contributed by atoms with E-state index in [1.54, 1.807) is 13.0 Å². The molecule has 1 aromatic carbocycles. The van der Waals surface area contributed by atoms with Gasteiger partial charge >= 0.3 is 0 Å². The molecule has 94 valence electrons. The van der Waals surface area contributed by atoms with Gasteiger partial charge in [0.05, 0.1) is 5.60 Å². The molecule has 0 saturated carbocycles. The van der Waals surface area contributed by atoms with Crippen LogP contribution in [-0.2, 0) is 0 Å². The molecule has 1 aromatic rings. The van der Waals surface area contributed by atoms with Gasteiger partial charge in [0.25, 0.3) is 5.91 Å². The Hall–Kier alpha value is -1.35. The summed E-state index contributed by atoms with van der Waals surface area (Å²) in [6.45, 7) is 7.80. The van der Waals surface area contributed by atoms with Gasteiger partial charge in [0.15, 0.2) is 0 Å². The normalized spacial score (nSPS) is 14.2. The second-order valence-electron chi connectivity index (χ2n) is 4.78. The zero-order valence-electron chi connectivity index (χ0n) is 11.0. The average molecular weight is 235 g/mol. The Morgan fingerprint density at radius 3 is 2.65 bits per heavy atom. The van der Waals surface area contributed by atoms with Crippen molar-refractivity contribution in [2.75, 3.05) is 6.54 Å². The second kappa shape index (κ2) is 5.32. The Kier molecular flexibility index (Phi) is 4.29. The van der Waals surface area contributed by atoms with Gasteiger partial charge in [-0.15, -0.1) is 0 Å². The molecule has 17 heavy (non-hydrogen) atoms.